The topological polar surface area (TPSA) is 21.3 Å². The van der Waals surface area contributed by atoms with Gasteiger partial charge in [0.15, 0.2) is 0 Å². The van der Waals surface area contributed by atoms with Crippen molar-refractivity contribution in [1.82, 2.24) is 4.57 Å². The zero-order valence-corrected chi connectivity index (χ0v) is 36.5. The number of rotatable bonds is 6. The molecule has 4 heteroatoms. The third kappa shape index (κ3) is 5.62. The van der Waals surface area contributed by atoms with E-state index >= 15 is 0 Å². The third-order valence-electron chi connectivity index (χ3n) is 13.5. The van der Waals surface area contributed by atoms with Crippen LogP contribution in [0.3, 0.4) is 0 Å². The van der Waals surface area contributed by atoms with Crippen LogP contribution in [0.4, 0.5) is 17.1 Å². The van der Waals surface area contributed by atoms with Gasteiger partial charge in [-0.1, -0.05) is 164 Å². The monoisotopic (exact) mass is 858 g/mol. The molecular formula is C62H38N2OS. The van der Waals surface area contributed by atoms with E-state index in [0.717, 1.165) is 55.7 Å². The summed E-state index contributed by atoms with van der Waals surface area (Å²) in [6, 6.07) is 84.0. The molecule has 0 unspecified atom stereocenters. The zero-order valence-electron chi connectivity index (χ0n) is 35.7. The average Bonchev–Trinajstić information content (AvgIpc) is 4.05. The number of aromatic nitrogens is 1. The smallest absolute Gasteiger partial charge is 0.138 e. The van der Waals surface area contributed by atoms with Gasteiger partial charge in [0.05, 0.1) is 16.7 Å². The summed E-state index contributed by atoms with van der Waals surface area (Å²) in [5.41, 5.74) is 13.1. The molecule has 3 aromatic heterocycles. The number of hydrogen-bond donors (Lipinski definition) is 0. The second-order valence-corrected chi connectivity index (χ2v) is 18.3. The van der Waals surface area contributed by atoms with Crippen LogP contribution < -0.4 is 4.90 Å². The molecule has 0 aliphatic carbocycles. The Morgan fingerprint density at radius 3 is 1.82 bits per heavy atom. The first-order valence-electron chi connectivity index (χ1n) is 22.5. The van der Waals surface area contributed by atoms with E-state index in [1.165, 1.54) is 74.7 Å². The summed E-state index contributed by atoms with van der Waals surface area (Å²) in [6.07, 6.45) is 0. The van der Waals surface area contributed by atoms with Gasteiger partial charge in [-0.05, 0) is 93.5 Å². The maximum atomic E-state index is 6.82. The molecule has 14 rings (SSSR count). The van der Waals surface area contributed by atoms with Crippen LogP contribution in [0.25, 0.3) is 113 Å². The molecule has 11 aromatic carbocycles. The molecule has 0 amide bonds. The summed E-state index contributed by atoms with van der Waals surface area (Å²) < 4.78 is 11.8. The van der Waals surface area contributed by atoms with Crippen LogP contribution in [0.1, 0.15) is 0 Å². The number of hydrogen-bond acceptors (Lipinski definition) is 3. The highest BCUT2D eigenvalue weighted by atomic mass is 32.1. The second-order valence-electron chi connectivity index (χ2n) is 17.2. The Bertz CT molecular complexity index is 4220. The summed E-state index contributed by atoms with van der Waals surface area (Å²) in [4.78, 5) is 2.45. The molecule has 0 saturated carbocycles. The van der Waals surface area contributed by atoms with Gasteiger partial charge in [-0.3, -0.25) is 0 Å². The van der Waals surface area contributed by atoms with Crippen molar-refractivity contribution < 1.29 is 4.42 Å². The standard InChI is InChI=1S/C62H38N2OS/c1-3-15-39(16-4-1)40-27-30-44(31-28-40)63(53-35-41-17-7-8-20-46(41)47-21-9-10-22-48(47)53)45-32-34-51-54(37-45)64(43-18-5-2-6-19-43)55-38-57-62(52-24-11-13-25-56(52)65-57)60(61(51)55)42-29-33-50-49-23-12-14-26-58(49)66-59(50)36-42/h1-38H. The van der Waals surface area contributed by atoms with E-state index < -0.39 is 0 Å². The number of nitrogens with zero attached hydrogens (tertiary/aromatic N) is 2. The largest absolute Gasteiger partial charge is 0.456 e. The Kier molecular flexibility index (Phi) is 8.15. The van der Waals surface area contributed by atoms with Crippen LogP contribution in [0, 0.1) is 0 Å². The van der Waals surface area contributed by atoms with Crippen LogP contribution in [0.15, 0.2) is 235 Å². The number of furan rings is 1. The van der Waals surface area contributed by atoms with Crippen molar-refractivity contribution >= 4 is 114 Å². The maximum absolute atomic E-state index is 6.82. The van der Waals surface area contributed by atoms with Crippen molar-refractivity contribution in [3.05, 3.63) is 231 Å². The molecule has 0 saturated heterocycles. The molecule has 3 heterocycles. The summed E-state index contributed by atoms with van der Waals surface area (Å²) >= 11 is 1.86. The minimum absolute atomic E-state index is 0.873. The minimum Gasteiger partial charge on any atom is -0.456 e. The summed E-state index contributed by atoms with van der Waals surface area (Å²) in [5, 5.41) is 12.1. The third-order valence-corrected chi connectivity index (χ3v) is 14.7. The predicted molar refractivity (Wildman–Crippen MR) is 282 cm³/mol. The highest BCUT2D eigenvalue weighted by Gasteiger charge is 2.25. The molecule has 0 aliphatic rings. The van der Waals surface area contributed by atoms with E-state index in [0.29, 0.717) is 0 Å². The second kappa shape index (κ2) is 14.5. The van der Waals surface area contributed by atoms with Gasteiger partial charge in [-0.25, -0.2) is 0 Å². The molecule has 0 bridgehead atoms. The molecule has 308 valence electrons. The lowest BCUT2D eigenvalue weighted by Gasteiger charge is -2.28. The van der Waals surface area contributed by atoms with Crippen molar-refractivity contribution in [3.63, 3.8) is 0 Å². The van der Waals surface area contributed by atoms with Gasteiger partial charge < -0.3 is 13.9 Å². The van der Waals surface area contributed by atoms with Crippen molar-refractivity contribution in [2.75, 3.05) is 4.90 Å². The quantitative estimate of drug-likeness (QED) is 0.155. The Balaban J connectivity index is 1.09. The molecule has 14 aromatic rings. The van der Waals surface area contributed by atoms with Crippen LogP contribution in [-0.4, -0.2) is 4.57 Å². The van der Waals surface area contributed by atoms with E-state index in [-0.39, 0.29) is 0 Å². The van der Waals surface area contributed by atoms with E-state index in [1.54, 1.807) is 0 Å². The van der Waals surface area contributed by atoms with Gasteiger partial charge >= 0.3 is 0 Å². The van der Waals surface area contributed by atoms with Gasteiger partial charge in [0.25, 0.3) is 0 Å². The summed E-state index contributed by atoms with van der Waals surface area (Å²) in [5.74, 6) is 0. The van der Waals surface area contributed by atoms with E-state index in [4.69, 9.17) is 4.42 Å². The van der Waals surface area contributed by atoms with Gasteiger partial charge in [-0.2, -0.15) is 0 Å². The maximum Gasteiger partial charge on any atom is 0.138 e. The van der Waals surface area contributed by atoms with Crippen LogP contribution in [0.5, 0.6) is 0 Å². The summed E-state index contributed by atoms with van der Waals surface area (Å²) in [6.45, 7) is 0. The van der Waals surface area contributed by atoms with Crippen molar-refractivity contribution in [3.8, 4) is 27.9 Å². The normalized spacial score (nSPS) is 11.9. The first kappa shape index (κ1) is 37.0. The predicted octanol–water partition coefficient (Wildman–Crippen LogP) is 18.2. The van der Waals surface area contributed by atoms with E-state index in [2.05, 4.69) is 240 Å². The zero-order chi connectivity index (χ0) is 43.3. The van der Waals surface area contributed by atoms with Gasteiger partial charge in [0.1, 0.15) is 11.2 Å². The van der Waals surface area contributed by atoms with Crippen LogP contribution in [-0.2, 0) is 0 Å². The highest BCUT2D eigenvalue weighted by Crippen LogP contribution is 2.50. The highest BCUT2D eigenvalue weighted by molar-refractivity contribution is 7.25. The first-order valence-corrected chi connectivity index (χ1v) is 23.3. The average molecular weight is 859 g/mol. The van der Waals surface area contributed by atoms with Gasteiger partial charge in [0, 0.05) is 75.8 Å². The van der Waals surface area contributed by atoms with Crippen LogP contribution >= 0.6 is 11.3 Å². The number of benzene rings is 11. The fraction of sp³-hybridized carbons (Fsp3) is 0. The first-order chi connectivity index (χ1) is 32.7. The molecule has 0 atom stereocenters. The number of anilines is 3. The Labute approximate surface area is 384 Å². The molecule has 3 nitrogen and oxygen atoms in total. The Morgan fingerprint density at radius 1 is 0.364 bits per heavy atom. The lowest BCUT2D eigenvalue weighted by atomic mass is 9.93. The van der Waals surface area contributed by atoms with Crippen LogP contribution in [0.2, 0.25) is 0 Å². The van der Waals surface area contributed by atoms with Crippen molar-refractivity contribution in [1.29, 1.82) is 0 Å². The molecule has 66 heavy (non-hydrogen) atoms. The number of fused-ring (bicyclic) bond motifs is 12. The molecule has 0 spiro atoms. The lowest BCUT2D eigenvalue weighted by Crippen LogP contribution is -2.11. The van der Waals surface area contributed by atoms with Gasteiger partial charge in [-0.15, -0.1) is 11.3 Å². The molecule has 0 N–H and O–H groups in total. The number of para-hydroxylation sites is 2. The van der Waals surface area contributed by atoms with Crippen molar-refractivity contribution in [2.45, 2.75) is 0 Å². The molecule has 0 aliphatic heterocycles. The fourth-order valence-electron chi connectivity index (χ4n) is 10.6. The minimum atomic E-state index is 0.873. The Morgan fingerprint density at radius 2 is 0.985 bits per heavy atom. The molecular weight excluding hydrogens is 821 g/mol. The summed E-state index contributed by atoms with van der Waals surface area (Å²) in [7, 11) is 0. The van der Waals surface area contributed by atoms with E-state index in [9.17, 15) is 0 Å². The SMILES string of the molecule is c1ccc(-c2ccc(N(c3ccc4c5c(-c6ccc7c(c6)sc6ccccc67)c6c(cc5n(-c5ccccc5)c4c3)oc3ccccc36)c3cc4ccccc4c4ccccc34)cc2)cc1. The lowest BCUT2D eigenvalue weighted by molar-refractivity contribution is 0.669. The van der Waals surface area contributed by atoms with E-state index in [1.807, 2.05) is 11.3 Å². The number of thiophene rings is 1. The molecule has 0 fully saturated rings. The van der Waals surface area contributed by atoms with Crippen molar-refractivity contribution in [2.24, 2.45) is 0 Å². The fourth-order valence-corrected chi connectivity index (χ4v) is 11.8. The Hall–Kier alpha value is -8.44. The van der Waals surface area contributed by atoms with Gasteiger partial charge in [0.2, 0.25) is 0 Å². The molecule has 0 radical (unpaired) electrons.